The molecule has 1 amide bonds. The zero-order chi connectivity index (χ0) is 16.3. The number of hydrogen-bond donors (Lipinski definition) is 1. The average Bonchev–Trinajstić information content (AvgIpc) is 2.99. The third kappa shape index (κ3) is 3.10. The molecular formula is C12H9ClN2O6S. The zero-order valence-corrected chi connectivity index (χ0v) is 12.6. The zero-order valence-electron chi connectivity index (χ0n) is 11.1. The van der Waals surface area contributed by atoms with Gasteiger partial charge < -0.3 is 9.26 Å². The second-order valence-corrected chi connectivity index (χ2v) is 5.95. The van der Waals surface area contributed by atoms with Gasteiger partial charge in [0.2, 0.25) is 5.76 Å². The van der Waals surface area contributed by atoms with E-state index in [0.717, 1.165) is 7.11 Å². The van der Waals surface area contributed by atoms with Crippen molar-refractivity contribution in [3.8, 4) is 0 Å². The van der Waals surface area contributed by atoms with E-state index >= 15 is 0 Å². The van der Waals surface area contributed by atoms with Crippen molar-refractivity contribution >= 4 is 33.5 Å². The Hall–Kier alpha value is -2.39. The Morgan fingerprint density at radius 2 is 2.05 bits per heavy atom. The van der Waals surface area contributed by atoms with Gasteiger partial charge in [-0.1, -0.05) is 22.8 Å². The van der Waals surface area contributed by atoms with E-state index in [1.54, 1.807) is 4.72 Å². The third-order valence-corrected chi connectivity index (χ3v) is 4.39. The predicted molar refractivity (Wildman–Crippen MR) is 73.9 cm³/mol. The average molecular weight is 345 g/mol. The van der Waals surface area contributed by atoms with E-state index in [2.05, 4.69) is 14.4 Å². The van der Waals surface area contributed by atoms with Crippen molar-refractivity contribution in [3.63, 3.8) is 0 Å². The molecule has 8 nitrogen and oxygen atoms in total. The Morgan fingerprint density at radius 1 is 1.32 bits per heavy atom. The largest absolute Gasteiger partial charge is 0.465 e. The molecular weight excluding hydrogens is 336 g/mol. The first-order valence-corrected chi connectivity index (χ1v) is 7.57. The lowest BCUT2D eigenvalue weighted by atomic mass is 10.2. The van der Waals surface area contributed by atoms with Crippen LogP contribution in [0.5, 0.6) is 0 Å². The van der Waals surface area contributed by atoms with E-state index in [0.29, 0.717) is 0 Å². The highest BCUT2D eigenvalue weighted by Gasteiger charge is 2.29. The fraction of sp³-hybridized carbons (Fsp3) is 0.0833. The Morgan fingerprint density at radius 3 is 2.64 bits per heavy atom. The van der Waals surface area contributed by atoms with Crippen molar-refractivity contribution in [1.82, 2.24) is 9.88 Å². The SMILES string of the molecule is COC(=O)c1cccc(Cl)c1S(=O)(=O)NC(=O)c1ccno1. The molecule has 0 aliphatic heterocycles. The summed E-state index contributed by atoms with van der Waals surface area (Å²) < 4.78 is 35.4. The van der Waals surface area contributed by atoms with Crippen LogP contribution < -0.4 is 4.72 Å². The summed E-state index contributed by atoms with van der Waals surface area (Å²) in [4.78, 5) is 22.9. The van der Waals surface area contributed by atoms with Gasteiger partial charge in [0.25, 0.3) is 10.0 Å². The maximum absolute atomic E-state index is 12.3. The normalized spacial score (nSPS) is 11.0. The Labute approximate surface area is 130 Å². The number of carbonyl (C=O) groups is 2. The highest BCUT2D eigenvalue weighted by atomic mass is 35.5. The summed E-state index contributed by atoms with van der Waals surface area (Å²) in [6.07, 6.45) is 1.18. The summed E-state index contributed by atoms with van der Waals surface area (Å²) in [5, 5.41) is 3.06. The number of nitrogens with one attached hydrogen (secondary N) is 1. The molecule has 1 aromatic heterocycles. The van der Waals surface area contributed by atoms with Gasteiger partial charge >= 0.3 is 11.9 Å². The van der Waals surface area contributed by atoms with Crippen LogP contribution in [0.4, 0.5) is 0 Å². The summed E-state index contributed by atoms with van der Waals surface area (Å²) in [7, 11) is -3.33. The van der Waals surface area contributed by atoms with Gasteiger partial charge in [-0.05, 0) is 12.1 Å². The molecule has 0 aliphatic carbocycles. The number of sulfonamides is 1. The van der Waals surface area contributed by atoms with Crippen LogP contribution in [0.25, 0.3) is 0 Å². The Kier molecular flexibility index (Phi) is 4.48. The van der Waals surface area contributed by atoms with Crippen molar-refractivity contribution in [3.05, 3.63) is 46.8 Å². The van der Waals surface area contributed by atoms with E-state index in [4.69, 9.17) is 11.6 Å². The van der Waals surface area contributed by atoms with Crippen LogP contribution in [0.2, 0.25) is 5.02 Å². The number of hydrogen-bond acceptors (Lipinski definition) is 7. The molecule has 1 heterocycles. The van der Waals surface area contributed by atoms with Gasteiger partial charge in [0, 0.05) is 6.07 Å². The molecule has 2 rings (SSSR count). The molecule has 0 fully saturated rings. The van der Waals surface area contributed by atoms with E-state index in [-0.39, 0.29) is 16.3 Å². The van der Waals surface area contributed by atoms with Gasteiger partial charge in [-0.3, -0.25) is 4.79 Å². The number of carbonyl (C=O) groups excluding carboxylic acids is 2. The minimum Gasteiger partial charge on any atom is -0.465 e. The molecule has 0 bridgehead atoms. The molecule has 0 radical (unpaired) electrons. The molecule has 22 heavy (non-hydrogen) atoms. The molecule has 10 heteroatoms. The van der Waals surface area contributed by atoms with Crippen LogP contribution in [-0.2, 0) is 14.8 Å². The van der Waals surface area contributed by atoms with Crippen LogP contribution in [-0.4, -0.2) is 32.6 Å². The van der Waals surface area contributed by atoms with Crippen LogP contribution in [0, 0.1) is 0 Å². The van der Waals surface area contributed by atoms with Gasteiger partial charge in [-0.25, -0.2) is 17.9 Å². The van der Waals surface area contributed by atoms with Crippen molar-refractivity contribution in [2.24, 2.45) is 0 Å². The maximum Gasteiger partial charge on any atom is 0.339 e. The smallest absolute Gasteiger partial charge is 0.339 e. The fourth-order valence-electron chi connectivity index (χ4n) is 1.61. The maximum atomic E-state index is 12.3. The van der Waals surface area contributed by atoms with Crippen molar-refractivity contribution < 1.29 is 27.3 Å². The minimum atomic E-state index is -4.42. The van der Waals surface area contributed by atoms with Crippen LogP contribution in [0.3, 0.4) is 0 Å². The first-order chi connectivity index (χ1) is 10.4. The number of amides is 1. The van der Waals surface area contributed by atoms with Crippen LogP contribution in [0.1, 0.15) is 20.9 Å². The van der Waals surface area contributed by atoms with Gasteiger partial charge in [0.05, 0.1) is 23.9 Å². The highest BCUT2D eigenvalue weighted by Crippen LogP contribution is 2.26. The van der Waals surface area contributed by atoms with Gasteiger partial charge in [0.15, 0.2) is 0 Å². The van der Waals surface area contributed by atoms with Crippen molar-refractivity contribution in [2.75, 3.05) is 7.11 Å². The second kappa shape index (κ2) is 6.16. The number of aromatic nitrogens is 1. The molecule has 0 spiro atoms. The summed E-state index contributed by atoms with van der Waals surface area (Å²) in [5.74, 6) is -2.27. The summed E-state index contributed by atoms with van der Waals surface area (Å²) >= 11 is 5.85. The second-order valence-electron chi connectivity index (χ2n) is 3.92. The highest BCUT2D eigenvalue weighted by molar-refractivity contribution is 7.90. The number of ether oxygens (including phenoxy) is 1. The number of nitrogens with zero attached hydrogens (tertiary/aromatic N) is 1. The number of halogens is 1. The van der Waals surface area contributed by atoms with E-state index < -0.39 is 26.8 Å². The lowest BCUT2D eigenvalue weighted by molar-refractivity contribution is 0.0596. The molecule has 116 valence electrons. The monoisotopic (exact) mass is 344 g/mol. The summed E-state index contributed by atoms with van der Waals surface area (Å²) in [6, 6.07) is 5.04. The number of esters is 1. The third-order valence-electron chi connectivity index (χ3n) is 2.53. The molecule has 1 N–H and O–H groups in total. The first kappa shape index (κ1) is 16.0. The molecule has 0 aliphatic rings. The van der Waals surface area contributed by atoms with E-state index in [1.165, 1.54) is 30.5 Å². The minimum absolute atomic E-state index is 0.235. The summed E-state index contributed by atoms with van der Waals surface area (Å²) in [5.41, 5.74) is -0.298. The Bertz CT molecular complexity index is 816. The molecule has 0 unspecified atom stereocenters. The number of rotatable bonds is 4. The first-order valence-electron chi connectivity index (χ1n) is 5.71. The lowest BCUT2D eigenvalue weighted by Gasteiger charge is -2.11. The van der Waals surface area contributed by atoms with Gasteiger partial charge in [0.1, 0.15) is 4.90 Å². The fourth-order valence-corrected chi connectivity index (χ4v) is 3.30. The Balaban J connectivity index is 2.46. The summed E-state index contributed by atoms with van der Waals surface area (Å²) in [6.45, 7) is 0. The van der Waals surface area contributed by atoms with E-state index in [1.807, 2.05) is 0 Å². The molecule has 0 atom stereocenters. The van der Waals surface area contributed by atoms with Gasteiger partial charge in [-0.15, -0.1) is 0 Å². The van der Waals surface area contributed by atoms with Crippen molar-refractivity contribution in [2.45, 2.75) is 4.90 Å². The van der Waals surface area contributed by atoms with Gasteiger partial charge in [-0.2, -0.15) is 0 Å². The standard InChI is InChI=1S/C12H9ClN2O6S/c1-20-12(17)7-3-2-4-8(13)10(7)22(18,19)15-11(16)9-5-6-14-21-9/h2-6H,1H3,(H,15,16). The lowest BCUT2D eigenvalue weighted by Crippen LogP contribution is -2.31. The molecule has 2 aromatic rings. The quantitative estimate of drug-likeness (QED) is 0.829. The van der Waals surface area contributed by atoms with E-state index in [9.17, 15) is 18.0 Å². The number of benzene rings is 1. The topological polar surface area (TPSA) is 116 Å². The van der Waals surface area contributed by atoms with Crippen molar-refractivity contribution in [1.29, 1.82) is 0 Å². The molecule has 0 saturated heterocycles. The van der Waals surface area contributed by atoms with Crippen LogP contribution >= 0.6 is 11.6 Å². The molecule has 1 aromatic carbocycles. The molecule has 0 saturated carbocycles. The number of methoxy groups -OCH3 is 1. The van der Waals surface area contributed by atoms with Crippen LogP contribution in [0.15, 0.2) is 39.9 Å². The predicted octanol–water partition coefficient (Wildman–Crippen LogP) is 1.23.